The molecule has 1 aromatic heterocycles. The predicted molar refractivity (Wildman–Crippen MR) is 90.2 cm³/mol. The molecule has 0 saturated carbocycles. The molecule has 4 rings (SSSR count). The van der Waals surface area contributed by atoms with Crippen LogP contribution in [0.3, 0.4) is 0 Å². The fraction of sp³-hybridized carbons (Fsp3) is 0.350. The summed E-state index contributed by atoms with van der Waals surface area (Å²) in [6, 6.07) is 16.7. The van der Waals surface area contributed by atoms with Gasteiger partial charge in [-0.15, -0.1) is 0 Å². The number of aromatic nitrogens is 1. The van der Waals surface area contributed by atoms with Crippen LogP contribution in [0.5, 0.6) is 0 Å². The quantitative estimate of drug-likeness (QED) is 0.780. The molecule has 2 aromatic rings. The molecule has 118 valence electrons. The molecule has 2 aliphatic heterocycles. The second-order valence-corrected chi connectivity index (χ2v) is 6.55. The first kappa shape index (κ1) is 14.6. The Bertz CT molecular complexity index is 711. The lowest BCUT2D eigenvalue weighted by atomic mass is 9.83. The molecule has 23 heavy (non-hydrogen) atoms. The number of hydrogen-bond acceptors (Lipinski definition) is 2. The number of benzene rings is 1. The first-order chi connectivity index (χ1) is 11.3. The van der Waals surface area contributed by atoms with Gasteiger partial charge in [-0.25, -0.2) is 4.98 Å². The molecule has 1 saturated heterocycles. The standard InChI is InChI=1S/C20H21FN2/c21-20-11-5-10-19(22-20)16-12-17-8-4-9-18(13-16)23(17)14-15-6-2-1-3-7-15/h1-3,5-7,10-12,17-18H,4,8-9,13-14H2. The minimum absolute atomic E-state index is 0.389. The molecule has 2 nitrogen and oxygen atoms in total. The summed E-state index contributed by atoms with van der Waals surface area (Å²) in [5.41, 5.74) is 3.38. The highest BCUT2D eigenvalue weighted by molar-refractivity contribution is 5.65. The van der Waals surface area contributed by atoms with Crippen LogP contribution in [0, 0.1) is 5.95 Å². The molecule has 2 atom stereocenters. The van der Waals surface area contributed by atoms with E-state index in [1.54, 1.807) is 6.07 Å². The van der Waals surface area contributed by atoms with Crippen molar-refractivity contribution < 1.29 is 4.39 Å². The van der Waals surface area contributed by atoms with Crippen LogP contribution in [0.25, 0.3) is 5.57 Å². The van der Waals surface area contributed by atoms with E-state index < -0.39 is 0 Å². The molecule has 2 unspecified atom stereocenters. The summed E-state index contributed by atoms with van der Waals surface area (Å²) >= 11 is 0. The molecule has 2 bridgehead atoms. The van der Waals surface area contributed by atoms with E-state index in [1.807, 2.05) is 6.07 Å². The Kier molecular flexibility index (Phi) is 3.96. The van der Waals surface area contributed by atoms with E-state index in [4.69, 9.17) is 0 Å². The van der Waals surface area contributed by atoms with Gasteiger partial charge in [-0.3, -0.25) is 4.90 Å². The molecule has 0 spiro atoms. The lowest BCUT2D eigenvalue weighted by Gasteiger charge is -2.45. The van der Waals surface area contributed by atoms with E-state index in [1.165, 1.54) is 36.5 Å². The van der Waals surface area contributed by atoms with E-state index in [2.05, 4.69) is 46.3 Å². The van der Waals surface area contributed by atoms with Crippen molar-refractivity contribution in [3.05, 3.63) is 71.8 Å². The Morgan fingerprint density at radius 1 is 1.04 bits per heavy atom. The summed E-state index contributed by atoms with van der Waals surface area (Å²) in [7, 11) is 0. The van der Waals surface area contributed by atoms with E-state index >= 15 is 0 Å². The van der Waals surface area contributed by atoms with Crippen LogP contribution in [0.4, 0.5) is 4.39 Å². The van der Waals surface area contributed by atoms with Crippen molar-refractivity contribution in [1.82, 2.24) is 9.88 Å². The minimum atomic E-state index is -0.389. The molecule has 1 fully saturated rings. The van der Waals surface area contributed by atoms with Crippen LogP contribution in [-0.2, 0) is 6.54 Å². The van der Waals surface area contributed by atoms with Crippen molar-refractivity contribution in [1.29, 1.82) is 0 Å². The van der Waals surface area contributed by atoms with Gasteiger partial charge in [-0.1, -0.05) is 48.9 Å². The van der Waals surface area contributed by atoms with Gasteiger partial charge >= 0.3 is 0 Å². The Hall–Kier alpha value is -2.00. The first-order valence-electron chi connectivity index (χ1n) is 8.43. The number of piperidine rings is 1. The Balaban J connectivity index is 1.60. The highest BCUT2D eigenvalue weighted by atomic mass is 19.1. The molecule has 0 amide bonds. The van der Waals surface area contributed by atoms with Crippen molar-refractivity contribution in [3.8, 4) is 0 Å². The maximum Gasteiger partial charge on any atom is 0.213 e. The van der Waals surface area contributed by atoms with E-state index in [0.29, 0.717) is 12.1 Å². The molecule has 2 aliphatic rings. The predicted octanol–water partition coefficient (Wildman–Crippen LogP) is 4.43. The summed E-state index contributed by atoms with van der Waals surface area (Å²) in [5, 5.41) is 0. The first-order valence-corrected chi connectivity index (χ1v) is 8.43. The van der Waals surface area contributed by atoms with Gasteiger partial charge in [-0.2, -0.15) is 4.39 Å². The van der Waals surface area contributed by atoms with Gasteiger partial charge in [0.1, 0.15) is 0 Å². The fourth-order valence-electron chi connectivity index (χ4n) is 3.94. The summed E-state index contributed by atoms with van der Waals surface area (Å²) in [5.74, 6) is -0.389. The molecule has 0 N–H and O–H groups in total. The second-order valence-electron chi connectivity index (χ2n) is 6.55. The van der Waals surface area contributed by atoms with E-state index in [-0.39, 0.29) is 5.95 Å². The minimum Gasteiger partial charge on any atom is -0.289 e. The fourth-order valence-corrected chi connectivity index (χ4v) is 3.94. The van der Waals surface area contributed by atoms with Crippen LogP contribution in [0.1, 0.15) is 36.9 Å². The van der Waals surface area contributed by atoms with Crippen molar-refractivity contribution >= 4 is 5.57 Å². The third kappa shape index (κ3) is 3.06. The summed E-state index contributed by atoms with van der Waals surface area (Å²) < 4.78 is 13.4. The number of pyridine rings is 1. The number of hydrogen-bond donors (Lipinski definition) is 0. The smallest absolute Gasteiger partial charge is 0.213 e. The van der Waals surface area contributed by atoms with Crippen LogP contribution < -0.4 is 0 Å². The average Bonchev–Trinajstić information content (AvgIpc) is 2.55. The van der Waals surface area contributed by atoms with Gasteiger partial charge in [-0.05, 0) is 42.5 Å². The monoisotopic (exact) mass is 308 g/mol. The molecular formula is C20H21FN2. The molecular weight excluding hydrogens is 287 g/mol. The van der Waals surface area contributed by atoms with Crippen molar-refractivity contribution in [3.63, 3.8) is 0 Å². The maximum atomic E-state index is 13.4. The van der Waals surface area contributed by atoms with Crippen LogP contribution in [0.15, 0.2) is 54.6 Å². The maximum absolute atomic E-state index is 13.4. The van der Waals surface area contributed by atoms with Crippen molar-refractivity contribution in [2.45, 2.75) is 44.3 Å². The average molecular weight is 308 g/mol. The highest BCUT2D eigenvalue weighted by Crippen LogP contribution is 2.37. The topological polar surface area (TPSA) is 16.1 Å². The zero-order valence-corrected chi connectivity index (χ0v) is 13.2. The Morgan fingerprint density at radius 2 is 1.91 bits per heavy atom. The number of halogens is 1. The van der Waals surface area contributed by atoms with E-state index in [9.17, 15) is 4.39 Å². The lowest BCUT2D eigenvalue weighted by Crippen LogP contribution is -2.47. The van der Waals surface area contributed by atoms with Crippen molar-refractivity contribution in [2.75, 3.05) is 0 Å². The number of nitrogens with zero attached hydrogens (tertiary/aromatic N) is 2. The third-order valence-electron chi connectivity index (χ3n) is 5.03. The van der Waals surface area contributed by atoms with Gasteiger partial charge < -0.3 is 0 Å². The van der Waals surface area contributed by atoms with Gasteiger partial charge in [0.25, 0.3) is 0 Å². The van der Waals surface area contributed by atoms with Gasteiger partial charge in [0.2, 0.25) is 5.95 Å². The number of fused-ring (bicyclic) bond motifs is 2. The Labute approximate surface area is 136 Å². The summed E-state index contributed by atoms with van der Waals surface area (Å²) in [4.78, 5) is 6.69. The van der Waals surface area contributed by atoms with Crippen LogP contribution >= 0.6 is 0 Å². The normalized spacial score (nSPS) is 24.3. The SMILES string of the molecule is Fc1cccc(C2=CC3CCCC(C2)N3Cc2ccccc2)n1. The highest BCUT2D eigenvalue weighted by Gasteiger charge is 2.34. The third-order valence-corrected chi connectivity index (χ3v) is 5.03. The zero-order valence-electron chi connectivity index (χ0n) is 13.2. The van der Waals surface area contributed by atoms with Gasteiger partial charge in [0.15, 0.2) is 0 Å². The molecule has 0 radical (unpaired) electrons. The molecule has 3 heteroatoms. The van der Waals surface area contributed by atoms with E-state index in [0.717, 1.165) is 18.7 Å². The lowest BCUT2D eigenvalue weighted by molar-refractivity contribution is 0.0950. The second kappa shape index (κ2) is 6.25. The Morgan fingerprint density at radius 3 is 2.70 bits per heavy atom. The van der Waals surface area contributed by atoms with Gasteiger partial charge in [0, 0.05) is 18.6 Å². The summed E-state index contributed by atoms with van der Waals surface area (Å²) in [6.45, 7) is 0.997. The molecule has 1 aromatic carbocycles. The number of rotatable bonds is 3. The zero-order chi connectivity index (χ0) is 15.6. The van der Waals surface area contributed by atoms with Crippen LogP contribution in [-0.4, -0.2) is 22.0 Å². The molecule has 3 heterocycles. The largest absolute Gasteiger partial charge is 0.289 e. The van der Waals surface area contributed by atoms with Crippen molar-refractivity contribution in [2.24, 2.45) is 0 Å². The molecule has 0 aliphatic carbocycles. The van der Waals surface area contributed by atoms with Gasteiger partial charge in [0.05, 0.1) is 5.69 Å². The van der Waals surface area contributed by atoms with Crippen LogP contribution in [0.2, 0.25) is 0 Å². The summed E-state index contributed by atoms with van der Waals surface area (Å²) in [6.07, 6.45) is 6.97.